The number of thiazole rings is 1. The van der Waals surface area contributed by atoms with Gasteiger partial charge in [-0.2, -0.15) is 0 Å². The molecule has 2 aliphatic heterocycles. The predicted molar refractivity (Wildman–Crippen MR) is 121 cm³/mol. The van der Waals surface area contributed by atoms with Gasteiger partial charge in [0.1, 0.15) is 0 Å². The minimum Gasteiger partial charge on any atom is -0.327 e. The topological polar surface area (TPSA) is 66.7 Å². The van der Waals surface area contributed by atoms with Crippen molar-refractivity contribution < 1.29 is 14.5 Å². The minimum atomic E-state index is -0.0164. The molecule has 0 aliphatic carbocycles. The lowest BCUT2D eigenvalue weighted by Crippen LogP contribution is -3.11. The van der Waals surface area contributed by atoms with E-state index in [1.807, 2.05) is 22.4 Å². The van der Waals surface area contributed by atoms with Crippen molar-refractivity contribution >= 4 is 34.0 Å². The maximum atomic E-state index is 12.7. The number of hydrogen-bond donors (Lipinski definition) is 2. The number of carbonyl (C=O) groups is 2. The number of fused-ring (bicyclic) bond motifs is 1. The number of aromatic nitrogens is 1. The second-order valence-electron chi connectivity index (χ2n) is 9.60. The van der Waals surface area contributed by atoms with Crippen LogP contribution in [0.4, 0.5) is 10.8 Å². The third-order valence-corrected chi connectivity index (χ3v) is 6.48. The molecule has 0 unspecified atom stereocenters. The highest BCUT2D eigenvalue weighted by atomic mass is 32.1. The van der Waals surface area contributed by atoms with E-state index in [2.05, 4.69) is 37.1 Å². The van der Waals surface area contributed by atoms with Gasteiger partial charge in [-0.1, -0.05) is 26.8 Å². The van der Waals surface area contributed by atoms with Gasteiger partial charge in [0.15, 0.2) is 11.7 Å². The Morgan fingerprint density at radius 2 is 2.00 bits per heavy atom. The van der Waals surface area contributed by atoms with Crippen LogP contribution in [0.15, 0.2) is 23.6 Å². The zero-order valence-corrected chi connectivity index (χ0v) is 18.9. The molecular formula is C23H31N4O2S+. The van der Waals surface area contributed by atoms with Crippen LogP contribution in [0.2, 0.25) is 0 Å². The highest BCUT2D eigenvalue weighted by Gasteiger charge is 2.28. The fraction of sp³-hybridized carbons (Fsp3) is 0.522. The molecule has 0 spiro atoms. The molecule has 3 heterocycles. The zero-order valence-electron chi connectivity index (χ0n) is 18.1. The number of amides is 2. The third-order valence-electron chi connectivity index (χ3n) is 5.73. The number of nitrogens with one attached hydrogen (secondary N) is 2. The van der Waals surface area contributed by atoms with E-state index < -0.39 is 0 Å². The minimum absolute atomic E-state index is 0.0164. The summed E-state index contributed by atoms with van der Waals surface area (Å²) in [5.74, 6) is 0.225. The van der Waals surface area contributed by atoms with Crippen molar-refractivity contribution in [3.05, 3.63) is 29.1 Å². The number of likely N-dealkylation sites (tertiary alicyclic amines) is 1. The summed E-state index contributed by atoms with van der Waals surface area (Å²) in [6.45, 7) is 9.71. The average Bonchev–Trinajstić information content (AvgIpc) is 3.40. The summed E-state index contributed by atoms with van der Waals surface area (Å²) in [6, 6.07) is 6.19. The Hall–Kier alpha value is -2.25. The first-order valence-electron chi connectivity index (χ1n) is 10.8. The molecule has 1 fully saturated rings. The van der Waals surface area contributed by atoms with Crippen molar-refractivity contribution in [1.29, 1.82) is 0 Å². The Kier molecular flexibility index (Phi) is 5.93. The molecule has 0 radical (unpaired) electrons. The fourth-order valence-electron chi connectivity index (χ4n) is 4.28. The lowest BCUT2D eigenvalue weighted by Gasteiger charge is -2.23. The smallest absolute Gasteiger partial charge is 0.281 e. The van der Waals surface area contributed by atoms with E-state index >= 15 is 0 Å². The zero-order chi connectivity index (χ0) is 21.3. The molecule has 0 saturated carbocycles. The molecule has 2 amide bonds. The van der Waals surface area contributed by atoms with Gasteiger partial charge < -0.3 is 9.80 Å². The lowest BCUT2D eigenvalue weighted by atomic mass is 9.91. The van der Waals surface area contributed by atoms with Crippen LogP contribution in [0, 0.1) is 5.41 Å². The van der Waals surface area contributed by atoms with Crippen LogP contribution < -0.4 is 15.1 Å². The van der Waals surface area contributed by atoms with Gasteiger partial charge in [0, 0.05) is 42.4 Å². The van der Waals surface area contributed by atoms with E-state index in [0.29, 0.717) is 18.1 Å². The molecule has 2 aromatic rings. The monoisotopic (exact) mass is 427 g/mol. The second-order valence-corrected chi connectivity index (χ2v) is 10.5. The SMILES string of the molecule is CC(C)(C)CC(=O)N1CCc2cc(-c3csc(NC(=O)C[NH+]4CCCC4)n3)ccc21. The Bertz CT molecular complexity index is 941. The summed E-state index contributed by atoms with van der Waals surface area (Å²) in [6.07, 6.45) is 3.83. The van der Waals surface area contributed by atoms with Gasteiger partial charge in [-0.05, 0) is 29.5 Å². The molecule has 1 aromatic heterocycles. The Morgan fingerprint density at radius 1 is 1.23 bits per heavy atom. The van der Waals surface area contributed by atoms with Crippen LogP contribution in [0.3, 0.4) is 0 Å². The molecule has 30 heavy (non-hydrogen) atoms. The van der Waals surface area contributed by atoms with Crippen molar-refractivity contribution in [1.82, 2.24) is 4.98 Å². The van der Waals surface area contributed by atoms with Crippen molar-refractivity contribution in [2.24, 2.45) is 5.41 Å². The molecule has 1 saturated heterocycles. The number of rotatable bonds is 5. The number of anilines is 2. The molecule has 4 rings (SSSR count). The number of quaternary nitrogens is 1. The van der Waals surface area contributed by atoms with E-state index in [9.17, 15) is 9.59 Å². The fourth-order valence-corrected chi connectivity index (χ4v) is 5.01. The van der Waals surface area contributed by atoms with E-state index in [1.165, 1.54) is 34.6 Å². The maximum absolute atomic E-state index is 12.7. The summed E-state index contributed by atoms with van der Waals surface area (Å²) < 4.78 is 0. The Labute approximate surface area is 182 Å². The van der Waals surface area contributed by atoms with Crippen LogP contribution in [-0.4, -0.2) is 43.0 Å². The van der Waals surface area contributed by atoms with E-state index in [0.717, 1.165) is 43.0 Å². The summed E-state index contributed by atoms with van der Waals surface area (Å²) in [5.41, 5.74) is 4.08. The summed E-state index contributed by atoms with van der Waals surface area (Å²) >= 11 is 1.46. The van der Waals surface area contributed by atoms with Crippen LogP contribution >= 0.6 is 11.3 Å². The summed E-state index contributed by atoms with van der Waals surface area (Å²) in [4.78, 5) is 32.8. The van der Waals surface area contributed by atoms with Crippen LogP contribution in [0.25, 0.3) is 11.3 Å². The molecule has 160 valence electrons. The first kappa shape index (κ1) is 21.0. The normalized spacial score (nSPS) is 16.7. The summed E-state index contributed by atoms with van der Waals surface area (Å²) in [5, 5.41) is 5.58. The standard InChI is InChI=1S/C23H30N4O2S/c1-23(2,3)13-21(29)27-11-8-17-12-16(6-7-19(17)27)18-15-30-22(24-18)25-20(28)14-26-9-4-5-10-26/h6-7,12,15H,4-5,8-11,13-14H2,1-3H3,(H,24,25,28)/p+1. The molecule has 2 aliphatic rings. The first-order valence-corrected chi connectivity index (χ1v) is 11.7. The number of nitrogens with zero attached hydrogens (tertiary/aromatic N) is 2. The molecule has 0 bridgehead atoms. The van der Waals surface area contributed by atoms with Crippen molar-refractivity contribution in [2.75, 3.05) is 36.4 Å². The first-order chi connectivity index (χ1) is 14.3. The molecular weight excluding hydrogens is 396 g/mol. The summed E-state index contributed by atoms with van der Waals surface area (Å²) in [7, 11) is 0. The quantitative estimate of drug-likeness (QED) is 0.771. The van der Waals surface area contributed by atoms with E-state index in [4.69, 9.17) is 0 Å². The lowest BCUT2D eigenvalue weighted by molar-refractivity contribution is -0.878. The Balaban J connectivity index is 1.42. The third kappa shape index (κ3) is 4.90. The Morgan fingerprint density at radius 3 is 2.73 bits per heavy atom. The van der Waals surface area contributed by atoms with E-state index in [-0.39, 0.29) is 17.2 Å². The van der Waals surface area contributed by atoms with Crippen molar-refractivity contribution in [3.63, 3.8) is 0 Å². The number of carbonyl (C=O) groups excluding carboxylic acids is 2. The molecule has 2 N–H and O–H groups in total. The highest BCUT2D eigenvalue weighted by molar-refractivity contribution is 7.14. The highest BCUT2D eigenvalue weighted by Crippen LogP contribution is 2.34. The largest absolute Gasteiger partial charge is 0.327 e. The van der Waals surface area contributed by atoms with Crippen LogP contribution in [-0.2, 0) is 16.0 Å². The van der Waals surface area contributed by atoms with Gasteiger partial charge in [-0.15, -0.1) is 11.3 Å². The number of hydrogen-bond acceptors (Lipinski definition) is 4. The van der Waals surface area contributed by atoms with E-state index in [1.54, 1.807) is 0 Å². The predicted octanol–water partition coefficient (Wildman–Crippen LogP) is 2.75. The van der Waals surface area contributed by atoms with Gasteiger partial charge in [-0.3, -0.25) is 14.9 Å². The second kappa shape index (κ2) is 8.47. The van der Waals surface area contributed by atoms with Crippen molar-refractivity contribution in [2.45, 2.75) is 46.5 Å². The van der Waals surface area contributed by atoms with Gasteiger partial charge in [0.05, 0.1) is 18.8 Å². The van der Waals surface area contributed by atoms with Crippen LogP contribution in [0.1, 0.15) is 45.6 Å². The van der Waals surface area contributed by atoms with Crippen LogP contribution in [0.5, 0.6) is 0 Å². The molecule has 6 nitrogen and oxygen atoms in total. The molecule has 7 heteroatoms. The maximum Gasteiger partial charge on any atom is 0.281 e. The molecule has 1 aromatic carbocycles. The van der Waals surface area contributed by atoms with Gasteiger partial charge in [-0.25, -0.2) is 4.98 Å². The molecule has 0 atom stereocenters. The number of benzene rings is 1. The van der Waals surface area contributed by atoms with Gasteiger partial charge in [0.2, 0.25) is 5.91 Å². The van der Waals surface area contributed by atoms with Gasteiger partial charge >= 0.3 is 0 Å². The van der Waals surface area contributed by atoms with Crippen molar-refractivity contribution in [3.8, 4) is 11.3 Å². The van der Waals surface area contributed by atoms with Gasteiger partial charge in [0.25, 0.3) is 5.91 Å². The average molecular weight is 428 g/mol.